The van der Waals surface area contributed by atoms with Crippen LogP contribution in [0.15, 0.2) is 48.5 Å². The lowest BCUT2D eigenvalue weighted by Crippen LogP contribution is -2.15. The third-order valence-corrected chi connectivity index (χ3v) is 5.52. The lowest BCUT2D eigenvalue weighted by atomic mass is 9.96. The summed E-state index contributed by atoms with van der Waals surface area (Å²) in [6.45, 7) is 3.47. The Hall–Kier alpha value is -3.44. The highest BCUT2D eigenvalue weighted by Crippen LogP contribution is 2.37. The molecule has 1 aliphatic rings. The van der Waals surface area contributed by atoms with Gasteiger partial charge in [-0.25, -0.2) is 5.48 Å². The van der Waals surface area contributed by atoms with E-state index in [1.165, 1.54) is 6.07 Å². The first kappa shape index (κ1) is 21.8. The third-order valence-electron chi connectivity index (χ3n) is 5.22. The molecule has 0 saturated carbocycles. The number of nitrogens with one attached hydrogen (secondary N) is 1. The van der Waals surface area contributed by atoms with Crippen LogP contribution in [-0.2, 0) is 13.2 Å². The van der Waals surface area contributed by atoms with E-state index >= 15 is 0 Å². The Balaban J connectivity index is 1.58. The molecule has 164 valence electrons. The molecule has 7 nitrogen and oxygen atoms in total. The Morgan fingerprint density at radius 1 is 1.06 bits per heavy atom. The topological polar surface area (TPSA) is 93.0 Å². The van der Waals surface area contributed by atoms with Crippen LogP contribution in [0.4, 0.5) is 0 Å². The van der Waals surface area contributed by atoms with Gasteiger partial charge in [-0.05, 0) is 47.4 Å². The van der Waals surface area contributed by atoms with E-state index in [0.717, 1.165) is 33.8 Å². The molecule has 0 fully saturated rings. The average molecular weight is 453 g/mol. The molecule has 1 aliphatic heterocycles. The molecule has 0 bridgehead atoms. The average Bonchev–Trinajstić information content (AvgIpc) is 2.80. The number of rotatable bonds is 7. The Labute approximate surface area is 190 Å². The Kier molecular flexibility index (Phi) is 6.66. The van der Waals surface area contributed by atoms with Gasteiger partial charge in [0.15, 0.2) is 17.2 Å². The van der Waals surface area contributed by atoms with Crippen LogP contribution in [0.3, 0.4) is 0 Å². The van der Waals surface area contributed by atoms with Crippen molar-refractivity contribution in [1.29, 1.82) is 5.26 Å². The van der Waals surface area contributed by atoms with E-state index in [1.54, 1.807) is 12.3 Å². The number of fused-ring (bicyclic) bond motifs is 1. The molecular formula is C24H21ClN2O5. The molecule has 0 radical (unpaired) electrons. The maximum atomic E-state index is 8.96. The van der Waals surface area contributed by atoms with Gasteiger partial charge < -0.3 is 24.2 Å². The fourth-order valence-corrected chi connectivity index (χ4v) is 3.81. The molecule has 0 saturated heterocycles. The molecule has 8 heteroatoms. The highest BCUT2D eigenvalue weighted by atomic mass is 35.5. The molecule has 0 unspecified atom stereocenters. The van der Waals surface area contributed by atoms with Crippen molar-refractivity contribution in [3.63, 3.8) is 0 Å². The summed E-state index contributed by atoms with van der Waals surface area (Å²) in [6, 6.07) is 15.1. The monoisotopic (exact) mass is 452 g/mol. The van der Waals surface area contributed by atoms with Gasteiger partial charge in [0.1, 0.15) is 25.6 Å². The molecule has 0 spiro atoms. The molecule has 3 aromatic rings. The van der Waals surface area contributed by atoms with Crippen molar-refractivity contribution < 1.29 is 24.2 Å². The Morgan fingerprint density at radius 3 is 2.66 bits per heavy atom. The van der Waals surface area contributed by atoms with Gasteiger partial charge in [0.05, 0.1) is 5.02 Å². The van der Waals surface area contributed by atoms with Gasteiger partial charge in [0, 0.05) is 18.2 Å². The second-order valence-corrected chi connectivity index (χ2v) is 7.56. The molecule has 4 rings (SSSR count). The van der Waals surface area contributed by atoms with Crippen LogP contribution in [0.2, 0.25) is 5.02 Å². The zero-order valence-corrected chi connectivity index (χ0v) is 18.1. The summed E-state index contributed by atoms with van der Waals surface area (Å²) in [5.74, 6) is 2.13. The van der Waals surface area contributed by atoms with Crippen LogP contribution in [0.5, 0.6) is 23.0 Å². The number of hydrogen-bond donors (Lipinski definition) is 2. The number of hydrogen-bond acceptors (Lipinski definition) is 7. The number of hydroxylamine groups is 1. The van der Waals surface area contributed by atoms with E-state index in [2.05, 4.69) is 0 Å². The maximum Gasteiger partial charge on any atom is 0.292 e. The van der Waals surface area contributed by atoms with E-state index in [9.17, 15) is 0 Å². The predicted octanol–water partition coefficient (Wildman–Crippen LogP) is 5.00. The SMILES string of the molecule is Cc1c(COc2cc(OC#N)c(CNO)cc2Cl)cccc1-c1ccc2c(c1)OCCO2. The van der Waals surface area contributed by atoms with Crippen molar-refractivity contribution in [1.82, 2.24) is 5.48 Å². The molecule has 32 heavy (non-hydrogen) atoms. The first-order chi connectivity index (χ1) is 15.6. The quantitative estimate of drug-likeness (QED) is 0.384. The molecule has 0 atom stereocenters. The standard InChI is InChI=1S/C24H21ClN2O5/c1-15-17(13-31-23-11-22(32-14-26)18(12-27-28)9-20(23)25)3-2-4-19(15)16-5-6-21-24(10-16)30-8-7-29-21/h2-6,9-11,27-28H,7-8,12-13H2,1H3. The molecule has 0 aliphatic carbocycles. The Bertz CT molecular complexity index is 1180. The van der Waals surface area contributed by atoms with Crippen molar-refractivity contribution in [2.45, 2.75) is 20.1 Å². The Morgan fingerprint density at radius 2 is 1.88 bits per heavy atom. The largest absolute Gasteiger partial charge is 0.487 e. The zero-order chi connectivity index (χ0) is 22.5. The summed E-state index contributed by atoms with van der Waals surface area (Å²) in [5, 5.41) is 18.2. The minimum absolute atomic E-state index is 0.0771. The normalized spacial score (nSPS) is 12.2. The van der Waals surface area contributed by atoms with E-state index < -0.39 is 0 Å². The van der Waals surface area contributed by atoms with Crippen molar-refractivity contribution >= 4 is 11.6 Å². The van der Waals surface area contributed by atoms with Gasteiger partial charge in [-0.2, -0.15) is 0 Å². The second kappa shape index (κ2) is 9.79. The first-order valence-corrected chi connectivity index (χ1v) is 10.3. The molecule has 2 N–H and O–H groups in total. The van der Waals surface area contributed by atoms with Crippen molar-refractivity contribution in [2.75, 3.05) is 13.2 Å². The zero-order valence-electron chi connectivity index (χ0n) is 17.4. The van der Waals surface area contributed by atoms with Crippen molar-refractivity contribution in [2.24, 2.45) is 0 Å². The van der Waals surface area contributed by atoms with Crippen LogP contribution in [-0.4, -0.2) is 18.4 Å². The summed E-state index contributed by atoms with van der Waals surface area (Å²) in [7, 11) is 0. The summed E-state index contributed by atoms with van der Waals surface area (Å²) in [6.07, 6.45) is 1.63. The third kappa shape index (κ3) is 4.58. The number of nitrogens with zero attached hydrogens (tertiary/aromatic N) is 1. The summed E-state index contributed by atoms with van der Waals surface area (Å²) >= 11 is 6.34. The van der Waals surface area contributed by atoms with Gasteiger partial charge >= 0.3 is 0 Å². The van der Waals surface area contributed by atoms with Crippen molar-refractivity contribution in [3.8, 4) is 40.4 Å². The van der Waals surface area contributed by atoms with Gasteiger partial charge in [-0.3, -0.25) is 0 Å². The lowest BCUT2D eigenvalue weighted by molar-refractivity contribution is 0.160. The lowest BCUT2D eigenvalue weighted by Gasteiger charge is -2.20. The van der Waals surface area contributed by atoms with Crippen molar-refractivity contribution in [3.05, 3.63) is 70.2 Å². The maximum absolute atomic E-state index is 8.96. The molecule has 0 amide bonds. The first-order valence-electron chi connectivity index (χ1n) is 9.97. The molecule has 1 heterocycles. The fraction of sp³-hybridized carbons (Fsp3) is 0.208. The van der Waals surface area contributed by atoms with E-state index in [-0.39, 0.29) is 18.9 Å². The number of ether oxygens (including phenoxy) is 4. The van der Waals surface area contributed by atoms with Crippen LogP contribution in [0.1, 0.15) is 16.7 Å². The van der Waals surface area contributed by atoms with E-state index in [0.29, 0.717) is 29.5 Å². The van der Waals surface area contributed by atoms with Gasteiger partial charge in [-0.15, -0.1) is 5.26 Å². The van der Waals surface area contributed by atoms with Gasteiger partial charge in [0.2, 0.25) is 0 Å². The minimum atomic E-state index is 0.0771. The summed E-state index contributed by atoms with van der Waals surface area (Å²) in [4.78, 5) is 0. The van der Waals surface area contributed by atoms with E-state index in [1.807, 2.05) is 48.8 Å². The summed E-state index contributed by atoms with van der Waals surface area (Å²) in [5.41, 5.74) is 6.70. The highest BCUT2D eigenvalue weighted by molar-refractivity contribution is 6.32. The van der Waals surface area contributed by atoms with Gasteiger partial charge in [0.25, 0.3) is 6.26 Å². The highest BCUT2D eigenvalue weighted by Gasteiger charge is 2.15. The van der Waals surface area contributed by atoms with Crippen LogP contribution in [0, 0.1) is 18.4 Å². The number of nitriles is 1. The number of halogens is 1. The fourth-order valence-electron chi connectivity index (χ4n) is 3.57. The van der Waals surface area contributed by atoms with E-state index in [4.69, 9.17) is 41.0 Å². The van der Waals surface area contributed by atoms with Gasteiger partial charge in [-0.1, -0.05) is 35.9 Å². The summed E-state index contributed by atoms with van der Waals surface area (Å²) < 4.78 is 22.3. The van der Waals surface area contributed by atoms with Crippen LogP contribution in [0.25, 0.3) is 11.1 Å². The molecular weight excluding hydrogens is 432 g/mol. The van der Waals surface area contributed by atoms with Crippen LogP contribution < -0.4 is 24.4 Å². The smallest absolute Gasteiger partial charge is 0.292 e. The van der Waals surface area contributed by atoms with Crippen LogP contribution >= 0.6 is 11.6 Å². The minimum Gasteiger partial charge on any atom is -0.487 e. The second-order valence-electron chi connectivity index (χ2n) is 7.16. The predicted molar refractivity (Wildman–Crippen MR) is 118 cm³/mol. The number of benzene rings is 3. The molecule has 0 aromatic heterocycles. The molecule has 3 aromatic carbocycles.